The van der Waals surface area contributed by atoms with Crippen LogP contribution in [-0.2, 0) is 11.3 Å². The molecule has 0 radical (unpaired) electrons. The van der Waals surface area contributed by atoms with Crippen molar-refractivity contribution < 1.29 is 4.79 Å². The van der Waals surface area contributed by atoms with E-state index in [0.717, 1.165) is 31.4 Å². The monoisotopic (exact) mass is 337 g/mol. The molecule has 0 aliphatic carbocycles. The first-order chi connectivity index (χ1) is 10.6. The first-order valence-electron chi connectivity index (χ1n) is 7.55. The molecule has 1 fully saturated rings. The number of nitrogens with zero attached hydrogens (tertiary/aromatic N) is 3. The van der Waals surface area contributed by atoms with E-state index in [1.54, 1.807) is 4.57 Å². The second-order valence-electron chi connectivity index (χ2n) is 5.37. The van der Waals surface area contributed by atoms with Gasteiger partial charge in [-0.2, -0.15) is 0 Å². The minimum atomic E-state index is -0.223. The number of carbonyl (C=O) groups excluding carboxylic acids is 1. The van der Waals surface area contributed by atoms with E-state index in [-0.39, 0.29) is 16.7 Å². The van der Waals surface area contributed by atoms with E-state index in [1.807, 2.05) is 30.2 Å². The van der Waals surface area contributed by atoms with Crippen LogP contribution in [0.15, 0.2) is 21.4 Å². The van der Waals surface area contributed by atoms with Gasteiger partial charge in [0, 0.05) is 19.6 Å². The Morgan fingerprint density at radius 3 is 2.86 bits per heavy atom. The molecular formula is C15H19N3O2S2. The van der Waals surface area contributed by atoms with Crippen molar-refractivity contribution in [2.24, 2.45) is 0 Å². The van der Waals surface area contributed by atoms with E-state index >= 15 is 0 Å². The number of thioether (sulfide) groups is 1. The van der Waals surface area contributed by atoms with Gasteiger partial charge in [0.2, 0.25) is 5.91 Å². The van der Waals surface area contributed by atoms with Gasteiger partial charge in [0.25, 0.3) is 5.56 Å². The van der Waals surface area contributed by atoms with Crippen LogP contribution in [-0.4, -0.2) is 38.7 Å². The van der Waals surface area contributed by atoms with Crippen LogP contribution in [0.1, 0.15) is 26.7 Å². The molecule has 2 aromatic heterocycles. The molecule has 118 valence electrons. The van der Waals surface area contributed by atoms with E-state index < -0.39 is 0 Å². The van der Waals surface area contributed by atoms with Crippen molar-refractivity contribution in [3.8, 4) is 0 Å². The highest BCUT2D eigenvalue weighted by Crippen LogP contribution is 2.26. The lowest BCUT2D eigenvalue weighted by atomic mass is 10.4. The highest BCUT2D eigenvalue weighted by molar-refractivity contribution is 8.00. The van der Waals surface area contributed by atoms with Crippen LogP contribution in [0.4, 0.5) is 0 Å². The zero-order valence-electron chi connectivity index (χ0n) is 12.7. The summed E-state index contributed by atoms with van der Waals surface area (Å²) >= 11 is 2.80. The Morgan fingerprint density at radius 1 is 1.45 bits per heavy atom. The van der Waals surface area contributed by atoms with Gasteiger partial charge in [-0.15, -0.1) is 11.3 Å². The van der Waals surface area contributed by atoms with Crippen molar-refractivity contribution in [3.63, 3.8) is 0 Å². The Bertz CT molecular complexity index is 747. The molecule has 1 aliphatic rings. The molecule has 1 saturated heterocycles. The molecule has 1 amide bonds. The lowest BCUT2D eigenvalue weighted by molar-refractivity contribution is -0.129. The largest absolute Gasteiger partial charge is 0.342 e. The Morgan fingerprint density at radius 2 is 2.18 bits per heavy atom. The van der Waals surface area contributed by atoms with Crippen molar-refractivity contribution in [2.45, 2.75) is 43.6 Å². The van der Waals surface area contributed by atoms with E-state index in [2.05, 4.69) is 4.98 Å². The predicted molar refractivity (Wildman–Crippen MR) is 90.7 cm³/mol. The number of fused-ring (bicyclic) bond motifs is 1. The number of amides is 1. The van der Waals surface area contributed by atoms with Gasteiger partial charge in [-0.1, -0.05) is 11.8 Å². The molecule has 1 aliphatic heterocycles. The second kappa shape index (κ2) is 6.42. The number of likely N-dealkylation sites (tertiary alicyclic amines) is 1. The fourth-order valence-electron chi connectivity index (χ4n) is 2.70. The average Bonchev–Trinajstić information content (AvgIpc) is 3.18. The predicted octanol–water partition coefficient (Wildman–Crippen LogP) is 2.58. The first-order valence-corrected chi connectivity index (χ1v) is 9.31. The third-order valence-corrected chi connectivity index (χ3v) is 5.86. The molecule has 1 unspecified atom stereocenters. The highest BCUT2D eigenvalue weighted by atomic mass is 32.2. The summed E-state index contributed by atoms with van der Waals surface area (Å²) in [6, 6.07) is 1.86. The van der Waals surface area contributed by atoms with Crippen LogP contribution in [0.5, 0.6) is 0 Å². The van der Waals surface area contributed by atoms with Gasteiger partial charge in [-0.05, 0) is 38.1 Å². The third kappa shape index (κ3) is 2.79. The summed E-state index contributed by atoms with van der Waals surface area (Å²) in [6.45, 7) is 6.09. The number of thiophene rings is 1. The fraction of sp³-hybridized carbons (Fsp3) is 0.533. The number of aromatic nitrogens is 2. The van der Waals surface area contributed by atoms with Crippen molar-refractivity contribution in [1.82, 2.24) is 14.5 Å². The van der Waals surface area contributed by atoms with Crippen LogP contribution < -0.4 is 5.56 Å². The molecule has 7 heteroatoms. The van der Waals surface area contributed by atoms with Crippen molar-refractivity contribution in [1.29, 1.82) is 0 Å². The lowest BCUT2D eigenvalue weighted by Gasteiger charge is -2.20. The van der Waals surface area contributed by atoms with Crippen LogP contribution in [0.2, 0.25) is 0 Å². The summed E-state index contributed by atoms with van der Waals surface area (Å²) < 4.78 is 2.35. The number of hydrogen-bond acceptors (Lipinski definition) is 5. The first kappa shape index (κ1) is 15.6. The van der Waals surface area contributed by atoms with Crippen LogP contribution in [0, 0.1) is 0 Å². The third-order valence-electron chi connectivity index (χ3n) is 3.89. The molecule has 0 spiro atoms. The molecule has 3 rings (SSSR count). The highest BCUT2D eigenvalue weighted by Gasteiger charge is 2.25. The van der Waals surface area contributed by atoms with Crippen LogP contribution in [0.3, 0.4) is 0 Å². The van der Waals surface area contributed by atoms with Crippen molar-refractivity contribution in [3.05, 3.63) is 21.8 Å². The molecular weight excluding hydrogens is 318 g/mol. The maximum absolute atomic E-state index is 12.5. The smallest absolute Gasteiger partial charge is 0.272 e. The Hall–Kier alpha value is -1.34. The standard InChI is InChI=1S/C15H19N3O2S2/c1-3-18-14(20)12-11(6-9-21-12)16-15(18)22-10(2)13(19)17-7-4-5-8-17/h6,9-10H,3-5,7-8H2,1-2H3. The molecule has 22 heavy (non-hydrogen) atoms. The topological polar surface area (TPSA) is 55.2 Å². The van der Waals surface area contributed by atoms with Gasteiger partial charge >= 0.3 is 0 Å². The molecule has 5 nitrogen and oxygen atoms in total. The summed E-state index contributed by atoms with van der Waals surface area (Å²) in [5.41, 5.74) is 0.717. The van der Waals surface area contributed by atoms with Crippen LogP contribution >= 0.6 is 23.1 Å². The maximum Gasteiger partial charge on any atom is 0.272 e. The Balaban J connectivity index is 1.89. The maximum atomic E-state index is 12.5. The fourth-order valence-corrected chi connectivity index (χ4v) is 4.53. The molecule has 0 bridgehead atoms. The summed E-state index contributed by atoms with van der Waals surface area (Å²) in [6.07, 6.45) is 2.17. The Kier molecular flexibility index (Phi) is 4.54. The quantitative estimate of drug-likeness (QED) is 0.636. The molecule has 3 heterocycles. The number of carbonyl (C=O) groups is 1. The SMILES string of the molecule is CCn1c(SC(C)C(=O)N2CCCC2)nc2ccsc2c1=O. The van der Waals surface area contributed by atoms with Crippen LogP contribution in [0.25, 0.3) is 10.2 Å². The van der Waals surface area contributed by atoms with Gasteiger partial charge in [0.15, 0.2) is 5.16 Å². The van der Waals surface area contributed by atoms with Gasteiger partial charge in [0.1, 0.15) is 4.70 Å². The minimum absolute atomic E-state index is 0.00850. The zero-order chi connectivity index (χ0) is 15.7. The van der Waals surface area contributed by atoms with E-state index in [1.165, 1.54) is 23.1 Å². The Labute approximate surface area is 137 Å². The zero-order valence-corrected chi connectivity index (χ0v) is 14.4. The minimum Gasteiger partial charge on any atom is -0.342 e. The van der Waals surface area contributed by atoms with Crippen molar-refractivity contribution in [2.75, 3.05) is 13.1 Å². The molecule has 2 aromatic rings. The van der Waals surface area contributed by atoms with Gasteiger partial charge in [-0.25, -0.2) is 4.98 Å². The molecule has 0 aromatic carbocycles. The summed E-state index contributed by atoms with van der Waals surface area (Å²) in [7, 11) is 0. The summed E-state index contributed by atoms with van der Waals surface area (Å²) in [5, 5.41) is 2.30. The van der Waals surface area contributed by atoms with Gasteiger partial charge in [-0.3, -0.25) is 14.2 Å². The lowest BCUT2D eigenvalue weighted by Crippen LogP contribution is -2.34. The number of hydrogen-bond donors (Lipinski definition) is 0. The van der Waals surface area contributed by atoms with E-state index in [0.29, 0.717) is 16.4 Å². The van der Waals surface area contributed by atoms with Crippen molar-refractivity contribution >= 4 is 39.2 Å². The van der Waals surface area contributed by atoms with Gasteiger partial charge < -0.3 is 4.90 Å². The second-order valence-corrected chi connectivity index (χ2v) is 7.60. The summed E-state index contributed by atoms with van der Waals surface area (Å²) in [5.74, 6) is 0.143. The summed E-state index contributed by atoms with van der Waals surface area (Å²) in [4.78, 5) is 31.4. The number of rotatable bonds is 4. The molecule has 0 N–H and O–H groups in total. The normalized spacial score (nSPS) is 16.4. The van der Waals surface area contributed by atoms with E-state index in [4.69, 9.17) is 0 Å². The van der Waals surface area contributed by atoms with Gasteiger partial charge in [0.05, 0.1) is 10.8 Å². The van der Waals surface area contributed by atoms with E-state index in [9.17, 15) is 9.59 Å². The molecule has 0 saturated carbocycles. The molecule has 1 atom stereocenters. The average molecular weight is 337 g/mol.